The van der Waals surface area contributed by atoms with Gasteiger partial charge in [0.15, 0.2) is 0 Å². The lowest BCUT2D eigenvalue weighted by molar-refractivity contribution is 0.0314. The molecule has 27 heavy (non-hydrogen) atoms. The van der Waals surface area contributed by atoms with Crippen LogP contribution in [0.3, 0.4) is 0 Å². The Morgan fingerprint density at radius 1 is 1.07 bits per heavy atom. The molecule has 1 aliphatic heterocycles. The van der Waals surface area contributed by atoms with E-state index in [0.29, 0.717) is 12.6 Å². The summed E-state index contributed by atoms with van der Waals surface area (Å²) in [6.45, 7) is 6.01. The first-order chi connectivity index (χ1) is 13.3. The molecule has 1 saturated heterocycles. The van der Waals surface area contributed by atoms with Gasteiger partial charge >= 0.3 is 6.01 Å². The highest BCUT2D eigenvalue weighted by Gasteiger charge is 2.60. The Hall–Kier alpha value is -1.18. The van der Waals surface area contributed by atoms with Crippen LogP contribution in [-0.2, 0) is 16.7 Å². The van der Waals surface area contributed by atoms with E-state index in [4.69, 9.17) is 9.47 Å². The minimum Gasteiger partial charge on any atom is -0.462 e. The summed E-state index contributed by atoms with van der Waals surface area (Å²) in [5.41, 5.74) is 0.224. The van der Waals surface area contributed by atoms with Gasteiger partial charge in [-0.15, -0.1) is 5.10 Å². The van der Waals surface area contributed by atoms with Crippen LogP contribution >= 0.6 is 0 Å². The molecule has 5 aliphatic rings. The number of aliphatic hydroxyl groups excluding tert-OH is 1. The summed E-state index contributed by atoms with van der Waals surface area (Å²) in [7, 11) is 0. The molecule has 4 saturated carbocycles. The molecular formula is C20H32N4O3. The number of ether oxygens (including phenoxy) is 2. The van der Waals surface area contributed by atoms with Gasteiger partial charge in [-0.05, 0) is 56.3 Å². The van der Waals surface area contributed by atoms with E-state index in [0.717, 1.165) is 69.4 Å². The second-order valence-corrected chi connectivity index (χ2v) is 9.04. The van der Waals surface area contributed by atoms with Crippen molar-refractivity contribution in [1.29, 1.82) is 0 Å². The van der Waals surface area contributed by atoms with E-state index in [9.17, 15) is 5.11 Å². The van der Waals surface area contributed by atoms with Crippen LogP contribution in [0.2, 0.25) is 0 Å². The zero-order chi connectivity index (χ0) is 18.3. The molecule has 1 N–H and O–H groups in total. The van der Waals surface area contributed by atoms with Crippen LogP contribution in [0.4, 0.5) is 0 Å². The first kappa shape index (κ1) is 17.9. The lowest BCUT2D eigenvalue weighted by atomic mass is 9.75. The molecule has 2 heterocycles. The van der Waals surface area contributed by atoms with Crippen molar-refractivity contribution in [2.75, 3.05) is 46.1 Å². The number of nitrogens with zero attached hydrogens (tertiary/aromatic N) is 4. The third kappa shape index (κ3) is 3.17. The van der Waals surface area contributed by atoms with Gasteiger partial charge in [0.2, 0.25) is 0 Å². The fourth-order valence-corrected chi connectivity index (χ4v) is 6.45. The predicted octanol–water partition coefficient (Wildman–Crippen LogP) is 1.45. The first-order valence-corrected chi connectivity index (χ1v) is 10.8. The minimum atomic E-state index is 0.187. The monoisotopic (exact) mass is 376 g/mol. The molecule has 2 atom stereocenters. The van der Waals surface area contributed by atoms with Gasteiger partial charge in [-0.25, -0.2) is 0 Å². The van der Waals surface area contributed by atoms with E-state index in [1.165, 1.54) is 32.1 Å². The van der Waals surface area contributed by atoms with E-state index >= 15 is 0 Å². The highest BCUT2D eigenvalue weighted by Crippen LogP contribution is 2.65. The van der Waals surface area contributed by atoms with Crippen LogP contribution in [0.25, 0.3) is 0 Å². The summed E-state index contributed by atoms with van der Waals surface area (Å²) < 4.78 is 13.7. The highest BCUT2D eigenvalue weighted by atomic mass is 16.5. The first-order valence-electron chi connectivity index (χ1n) is 10.8. The summed E-state index contributed by atoms with van der Waals surface area (Å²) in [4.78, 5) is 2.37. The number of aliphatic hydroxyl groups is 1. The van der Waals surface area contributed by atoms with Gasteiger partial charge in [-0.3, -0.25) is 9.47 Å². The third-order valence-electron chi connectivity index (χ3n) is 7.43. The maximum absolute atomic E-state index is 9.38. The Morgan fingerprint density at radius 2 is 1.85 bits per heavy atom. The van der Waals surface area contributed by atoms with Gasteiger partial charge < -0.3 is 14.6 Å². The van der Waals surface area contributed by atoms with Crippen LogP contribution in [-0.4, -0.2) is 70.8 Å². The van der Waals surface area contributed by atoms with E-state index in [1.807, 2.05) is 0 Å². The van der Waals surface area contributed by atoms with E-state index < -0.39 is 0 Å². The standard InChI is InChI=1S/C20H32N4O3/c25-6-1-2-24-18(20-13-15-10-16(14-20)12-17(20)11-15)21-22-19(24)27-9-5-23-3-7-26-8-4-23/h15-17,25H,1-14H2. The molecule has 0 amide bonds. The number of rotatable bonds is 8. The smallest absolute Gasteiger partial charge is 0.317 e. The molecule has 150 valence electrons. The van der Waals surface area contributed by atoms with Crippen molar-refractivity contribution in [3.05, 3.63) is 5.82 Å². The summed E-state index contributed by atoms with van der Waals surface area (Å²) >= 11 is 0. The molecule has 7 nitrogen and oxygen atoms in total. The number of hydrogen-bond acceptors (Lipinski definition) is 6. The second-order valence-electron chi connectivity index (χ2n) is 9.04. The quantitative estimate of drug-likeness (QED) is 0.740. The molecular weight excluding hydrogens is 344 g/mol. The maximum atomic E-state index is 9.38. The van der Waals surface area contributed by atoms with Crippen molar-refractivity contribution in [3.63, 3.8) is 0 Å². The predicted molar refractivity (Wildman–Crippen MR) is 99.7 cm³/mol. The topological polar surface area (TPSA) is 72.6 Å². The Kier molecular flexibility index (Phi) is 4.86. The normalized spacial score (nSPS) is 35.2. The van der Waals surface area contributed by atoms with E-state index in [-0.39, 0.29) is 12.0 Å². The Labute approximate surface area is 161 Å². The van der Waals surface area contributed by atoms with Crippen molar-refractivity contribution < 1.29 is 14.6 Å². The number of morpholine rings is 1. The molecule has 6 rings (SSSR count). The van der Waals surface area contributed by atoms with Crippen molar-refractivity contribution in [1.82, 2.24) is 19.7 Å². The van der Waals surface area contributed by atoms with Crippen molar-refractivity contribution in [3.8, 4) is 6.01 Å². The molecule has 4 aliphatic carbocycles. The fraction of sp³-hybridized carbons (Fsp3) is 0.900. The molecule has 0 spiro atoms. The Morgan fingerprint density at radius 3 is 2.59 bits per heavy atom. The molecule has 2 unspecified atom stereocenters. The lowest BCUT2D eigenvalue weighted by Gasteiger charge is -2.32. The highest BCUT2D eigenvalue weighted by molar-refractivity contribution is 5.24. The van der Waals surface area contributed by atoms with E-state index in [1.54, 1.807) is 0 Å². The summed E-state index contributed by atoms with van der Waals surface area (Å²) in [6.07, 6.45) is 7.44. The molecule has 4 bridgehead atoms. The average molecular weight is 377 g/mol. The maximum Gasteiger partial charge on any atom is 0.317 e. The van der Waals surface area contributed by atoms with E-state index in [2.05, 4.69) is 19.7 Å². The number of hydrogen-bond donors (Lipinski definition) is 1. The molecule has 5 fully saturated rings. The zero-order valence-corrected chi connectivity index (χ0v) is 16.2. The van der Waals surface area contributed by atoms with Gasteiger partial charge in [0.25, 0.3) is 0 Å². The SMILES string of the molecule is OCCCn1c(OCCN2CCOCC2)nnc1C12CC3CC(CC1C3)C2. The van der Waals surface area contributed by atoms with Crippen molar-refractivity contribution in [2.45, 2.75) is 50.5 Å². The van der Waals surface area contributed by atoms with Crippen molar-refractivity contribution in [2.24, 2.45) is 17.8 Å². The molecule has 1 aromatic heterocycles. The molecule has 7 heteroatoms. The van der Waals surface area contributed by atoms with Gasteiger partial charge in [-0.1, -0.05) is 5.10 Å². The van der Waals surface area contributed by atoms with Crippen molar-refractivity contribution >= 4 is 0 Å². The van der Waals surface area contributed by atoms with Crippen LogP contribution in [0, 0.1) is 17.8 Å². The third-order valence-corrected chi connectivity index (χ3v) is 7.43. The largest absolute Gasteiger partial charge is 0.462 e. The number of aromatic nitrogens is 3. The van der Waals surface area contributed by atoms with Crippen LogP contribution in [0.15, 0.2) is 0 Å². The van der Waals surface area contributed by atoms with Gasteiger partial charge in [0.1, 0.15) is 12.4 Å². The van der Waals surface area contributed by atoms with Gasteiger partial charge in [-0.2, -0.15) is 0 Å². The van der Waals surface area contributed by atoms with Crippen LogP contribution in [0.5, 0.6) is 6.01 Å². The average Bonchev–Trinajstić information content (AvgIpc) is 3.28. The zero-order valence-electron chi connectivity index (χ0n) is 16.2. The second kappa shape index (κ2) is 7.33. The van der Waals surface area contributed by atoms with Gasteiger partial charge in [0.05, 0.1) is 13.2 Å². The summed E-state index contributed by atoms with van der Waals surface area (Å²) in [5, 5.41) is 18.5. The molecule has 1 aromatic rings. The summed E-state index contributed by atoms with van der Waals surface area (Å²) in [6, 6.07) is 0.646. The molecule has 0 radical (unpaired) electrons. The summed E-state index contributed by atoms with van der Waals surface area (Å²) in [5.74, 6) is 3.69. The Balaban J connectivity index is 1.32. The van der Waals surface area contributed by atoms with Crippen LogP contribution < -0.4 is 4.74 Å². The van der Waals surface area contributed by atoms with Gasteiger partial charge in [0, 0.05) is 38.2 Å². The van der Waals surface area contributed by atoms with Crippen LogP contribution in [0.1, 0.15) is 44.3 Å². The minimum absolute atomic E-state index is 0.187. The Bertz CT molecular complexity index is 644. The lowest BCUT2D eigenvalue weighted by Crippen LogP contribution is -2.38. The fourth-order valence-electron chi connectivity index (χ4n) is 6.45. The molecule has 0 aromatic carbocycles.